The molecule has 2 aromatic carbocycles. The number of carbonyl (C=O) groups is 1. The zero-order valence-electron chi connectivity index (χ0n) is 17.5. The summed E-state index contributed by atoms with van der Waals surface area (Å²) in [6, 6.07) is 21.1. The van der Waals surface area contributed by atoms with Gasteiger partial charge in [-0.1, -0.05) is 30.3 Å². The van der Waals surface area contributed by atoms with Gasteiger partial charge in [0.1, 0.15) is 24.7 Å². The van der Waals surface area contributed by atoms with Crippen LogP contribution in [0.25, 0.3) is 0 Å². The van der Waals surface area contributed by atoms with E-state index in [1.165, 1.54) is 0 Å². The molecule has 31 heavy (non-hydrogen) atoms. The Morgan fingerprint density at radius 1 is 0.871 bits per heavy atom. The van der Waals surface area contributed by atoms with Crippen molar-refractivity contribution in [3.8, 4) is 11.5 Å². The normalized spacial score (nSPS) is 14.3. The molecule has 1 saturated heterocycles. The SMILES string of the molecule is O=C(c1cccc(OCc2cccnc2)c1)N1CCN(CCOc2ccccc2)CC1. The third kappa shape index (κ3) is 6.06. The average molecular weight is 418 g/mol. The number of nitrogens with zero attached hydrogens (tertiary/aromatic N) is 3. The number of hydrogen-bond acceptors (Lipinski definition) is 5. The molecule has 0 bridgehead atoms. The summed E-state index contributed by atoms with van der Waals surface area (Å²) in [6.45, 7) is 5.05. The van der Waals surface area contributed by atoms with Crippen LogP contribution in [0.5, 0.6) is 11.5 Å². The van der Waals surface area contributed by atoms with Crippen LogP contribution in [-0.2, 0) is 6.61 Å². The lowest BCUT2D eigenvalue weighted by Crippen LogP contribution is -2.49. The van der Waals surface area contributed by atoms with E-state index in [0.717, 1.165) is 30.9 Å². The number of amides is 1. The predicted octanol–water partition coefficient (Wildman–Crippen LogP) is 3.50. The number of ether oxygens (including phenoxy) is 2. The topological polar surface area (TPSA) is 54.9 Å². The smallest absolute Gasteiger partial charge is 0.254 e. The molecule has 0 radical (unpaired) electrons. The van der Waals surface area contributed by atoms with Crippen molar-refractivity contribution >= 4 is 5.91 Å². The molecule has 1 amide bonds. The van der Waals surface area contributed by atoms with Gasteiger partial charge < -0.3 is 14.4 Å². The Labute approximate surface area is 183 Å². The first-order valence-electron chi connectivity index (χ1n) is 10.6. The van der Waals surface area contributed by atoms with E-state index in [1.54, 1.807) is 12.4 Å². The molecule has 1 aliphatic heterocycles. The van der Waals surface area contributed by atoms with Gasteiger partial charge in [-0.05, 0) is 36.4 Å². The van der Waals surface area contributed by atoms with Gasteiger partial charge in [0.05, 0.1) is 0 Å². The zero-order valence-corrected chi connectivity index (χ0v) is 17.5. The van der Waals surface area contributed by atoms with Crippen LogP contribution in [0.4, 0.5) is 0 Å². The van der Waals surface area contributed by atoms with E-state index in [-0.39, 0.29) is 5.91 Å². The largest absolute Gasteiger partial charge is 0.492 e. The lowest BCUT2D eigenvalue weighted by atomic mass is 10.1. The highest BCUT2D eigenvalue weighted by Crippen LogP contribution is 2.17. The van der Waals surface area contributed by atoms with Crippen LogP contribution < -0.4 is 9.47 Å². The highest BCUT2D eigenvalue weighted by atomic mass is 16.5. The molecule has 0 aliphatic carbocycles. The summed E-state index contributed by atoms with van der Waals surface area (Å²) in [5, 5.41) is 0. The second-order valence-corrected chi connectivity index (χ2v) is 7.47. The molecule has 6 heteroatoms. The quantitative estimate of drug-likeness (QED) is 0.562. The Balaban J connectivity index is 1.23. The fourth-order valence-corrected chi connectivity index (χ4v) is 3.54. The van der Waals surface area contributed by atoms with Crippen molar-refractivity contribution in [2.24, 2.45) is 0 Å². The standard InChI is InChI=1S/C25H27N3O3/c29-25(22-7-4-10-24(18-22)31-20-21-6-5-11-26-19-21)28-14-12-27(13-15-28)16-17-30-23-8-2-1-3-9-23/h1-11,18-19H,12-17,20H2. The monoisotopic (exact) mass is 417 g/mol. The van der Waals surface area contributed by atoms with Crippen molar-refractivity contribution in [2.75, 3.05) is 39.3 Å². The van der Waals surface area contributed by atoms with Crippen molar-refractivity contribution < 1.29 is 14.3 Å². The summed E-state index contributed by atoms with van der Waals surface area (Å²) in [4.78, 5) is 21.3. The first kappa shape index (κ1) is 20.9. The Morgan fingerprint density at radius 3 is 2.45 bits per heavy atom. The molecule has 0 saturated carbocycles. The third-order valence-corrected chi connectivity index (χ3v) is 5.29. The van der Waals surface area contributed by atoms with Crippen LogP contribution >= 0.6 is 0 Å². The van der Waals surface area contributed by atoms with Crippen molar-refractivity contribution in [2.45, 2.75) is 6.61 Å². The van der Waals surface area contributed by atoms with E-state index in [4.69, 9.17) is 9.47 Å². The summed E-state index contributed by atoms with van der Waals surface area (Å²) >= 11 is 0. The van der Waals surface area contributed by atoms with Gasteiger partial charge in [0.25, 0.3) is 5.91 Å². The van der Waals surface area contributed by atoms with E-state index in [2.05, 4.69) is 9.88 Å². The fraction of sp³-hybridized carbons (Fsp3) is 0.280. The average Bonchev–Trinajstić information content (AvgIpc) is 2.84. The van der Waals surface area contributed by atoms with E-state index < -0.39 is 0 Å². The number of para-hydroxylation sites is 1. The minimum absolute atomic E-state index is 0.0482. The van der Waals surface area contributed by atoms with E-state index in [9.17, 15) is 4.79 Å². The molecular weight excluding hydrogens is 390 g/mol. The molecular formula is C25H27N3O3. The van der Waals surface area contributed by atoms with Crippen LogP contribution in [0.15, 0.2) is 79.1 Å². The number of pyridine rings is 1. The van der Waals surface area contributed by atoms with Crippen molar-refractivity contribution in [3.05, 3.63) is 90.3 Å². The van der Waals surface area contributed by atoms with Gasteiger partial charge in [0, 0.05) is 56.2 Å². The molecule has 6 nitrogen and oxygen atoms in total. The van der Waals surface area contributed by atoms with Crippen LogP contribution in [0.3, 0.4) is 0 Å². The lowest BCUT2D eigenvalue weighted by Gasteiger charge is -2.34. The van der Waals surface area contributed by atoms with Gasteiger partial charge >= 0.3 is 0 Å². The molecule has 160 valence electrons. The first-order chi connectivity index (χ1) is 15.3. The lowest BCUT2D eigenvalue weighted by molar-refractivity contribution is 0.0620. The van der Waals surface area contributed by atoms with E-state index in [1.807, 2.05) is 71.6 Å². The summed E-state index contributed by atoms with van der Waals surface area (Å²) in [5.41, 5.74) is 1.65. The minimum Gasteiger partial charge on any atom is -0.492 e. The second-order valence-electron chi connectivity index (χ2n) is 7.47. The molecule has 3 aromatic rings. The van der Waals surface area contributed by atoms with Gasteiger partial charge in [0.15, 0.2) is 0 Å². The summed E-state index contributed by atoms with van der Waals surface area (Å²) in [6.07, 6.45) is 3.51. The summed E-state index contributed by atoms with van der Waals surface area (Å²) in [5.74, 6) is 1.63. The maximum Gasteiger partial charge on any atom is 0.254 e. The molecule has 0 N–H and O–H groups in total. The number of aromatic nitrogens is 1. The molecule has 2 heterocycles. The number of benzene rings is 2. The third-order valence-electron chi connectivity index (χ3n) is 5.29. The molecule has 1 fully saturated rings. The summed E-state index contributed by atoms with van der Waals surface area (Å²) < 4.78 is 11.6. The minimum atomic E-state index is 0.0482. The van der Waals surface area contributed by atoms with Gasteiger partial charge in [-0.25, -0.2) is 0 Å². The Bertz CT molecular complexity index is 958. The maximum atomic E-state index is 12.9. The number of hydrogen-bond donors (Lipinski definition) is 0. The highest BCUT2D eigenvalue weighted by molar-refractivity contribution is 5.94. The molecule has 1 aromatic heterocycles. The van der Waals surface area contributed by atoms with Crippen LogP contribution in [0, 0.1) is 0 Å². The highest BCUT2D eigenvalue weighted by Gasteiger charge is 2.22. The van der Waals surface area contributed by atoms with Crippen LogP contribution in [0.1, 0.15) is 15.9 Å². The van der Waals surface area contributed by atoms with Gasteiger partial charge in [0.2, 0.25) is 0 Å². The van der Waals surface area contributed by atoms with Crippen LogP contribution in [-0.4, -0.2) is 60.0 Å². The fourth-order valence-electron chi connectivity index (χ4n) is 3.54. The zero-order chi connectivity index (χ0) is 21.3. The van der Waals surface area contributed by atoms with Gasteiger partial charge in [-0.2, -0.15) is 0 Å². The maximum absolute atomic E-state index is 12.9. The molecule has 0 spiro atoms. The van der Waals surface area contributed by atoms with Crippen molar-refractivity contribution in [3.63, 3.8) is 0 Å². The Hall–Kier alpha value is -3.38. The number of carbonyl (C=O) groups excluding carboxylic acids is 1. The van der Waals surface area contributed by atoms with Gasteiger partial charge in [-0.3, -0.25) is 14.7 Å². The van der Waals surface area contributed by atoms with Crippen LogP contribution in [0.2, 0.25) is 0 Å². The van der Waals surface area contributed by atoms with Crippen molar-refractivity contribution in [1.29, 1.82) is 0 Å². The Kier molecular flexibility index (Phi) is 7.13. The van der Waals surface area contributed by atoms with E-state index >= 15 is 0 Å². The molecule has 0 unspecified atom stereocenters. The number of rotatable bonds is 8. The first-order valence-corrected chi connectivity index (χ1v) is 10.6. The molecule has 0 atom stereocenters. The van der Waals surface area contributed by atoms with Gasteiger partial charge in [-0.15, -0.1) is 0 Å². The molecule has 4 rings (SSSR count). The Morgan fingerprint density at radius 2 is 1.68 bits per heavy atom. The summed E-state index contributed by atoms with van der Waals surface area (Å²) in [7, 11) is 0. The van der Waals surface area contributed by atoms with E-state index in [0.29, 0.717) is 37.6 Å². The van der Waals surface area contributed by atoms with Crippen molar-refractivity contribution in [1.82, 2.24) is 14.8 Å². The predicted molar refractivity (Wildman–Crippen MR) is 119 cm³/mol. The number of piperazine rings is 1. The second kappa shape index (κ2) is 10.6. The molecule has 1 aliphatic rings.